The highest BCUT2D eigenvalue weighted by atomic mass is 16.7. The molecule has 0 bridgehead atoms. The van der Waals surface area contributed by atoms with Crippen molar-refractivity contribution in [3.8, 4) is 5.75 Å². The van der Waals surface area contributed by atoms with Gasteiger partial charge in [-0.05, 0) is 57.7 Å². The van der Waals surface area contributed by atoms with Gasteiger partial charge in [0.1, 0.15) is 11.4 Å². The molecule has 29 heavy (non-hydrogen) atoms. The Bertz CT molecular complexity index is 727. The van der Waals surface area contributed by atoms with Gasteiger partial charge in [-0.1, -0.05) is 17.3 Å². The number of likely N-dealkylation sites (tertiary alicyclic amines) is 1. The van der Waals surface area contributed by atoms with Gasteiger partial charge in [-0.2, -0.15) is 0 Å². The number of aliphatic hydroxyl groups excluding tert-OH is 1. The summed E-state index contributed by atoms with van der Waals surface area (Å²) in [6.45, 7) is 5.45. The lowest BCUT2D eigenvalue weighted by atomic mass is 10.0. The van der Waals surface area contributed by atoms with Crippen LogP contribution in [0.1, 0.15) is 45.6 Å². The molecule has 160 valence electrons. The molecule has 0 radical (unpaired) electrons. The van der Waals surface area contributed by atoms with Crippen LogP contribution in [0.15, 0.2) is 29.4 Å². The highest BCUT2D eigenvalue weighted by Crippen LogP contribution is 2.20. The maximum absolute atomic E-state index is 12.4. The monoisotopic (exact) mass is 407 g/mol. The first-order valence-corrected chi connectivity index (χ1v) is 9.55. The number of oxime groups is 1. The average molecular weight is 407 g/mol. The van der Waals surface area contributed by atoms with Gasteiger partial charge in [0.15, 0.2) is 12.4 Å². The molecule has 3 N–H and O–H groups in total. The Hall–Kier alpha value is -2.81. The van der Waals surface area contributed by atoms with Crippen LogP contribution >= 0.6 is 0 Å². The summed E-state index contributed by atoms with van der Waals surface area (Å²) in [4.78, 5) is 30.6. The number of piperidine rings is 1. The molecule has 9 heteroatoms. The van der Waals surface area contributed by atoms with E-state index < -0.39 is 23.7 Å². The number of carbonyl (C=O) groups excluding carboxylic acids is 2. The molecule has 1 fully saturated rings. The molecule has 1 saturated heterocycles. The topological polar surface area (TPSA) is 124 Å². The smallest absolute Gasteiger partial charge is 0.410 e. The zero-order chi connectivity index (χ0) is 21.4. The van der Waals surface area contributed by atoms with E-state index >= 15 is 0 Å². The van der Waals surface area contributed by atoms with Crippen molar-refractivity contribution in [3.05, 3.63) is 29.8 Å². The molecule has 1 amide bonds. The van der Waals surface area contributed by atoms with E-state index in [-0.39, 0.29) is 19.0 Å². The molecule has 1 heterocycles. The molecular weight excluding hydrogens is 378 g/mol. The van der Waals surface area contributed by atoms with Gasteiger partial charge < -0.3 is 25.2 Å². The lowest BCUT2D eigenvalue weighted by Gasteiger charge is -2.35. The molecule has 1 aromatic carbocycles. The predicted octanol–water partition coefficient (Wildman–Crippen LogP) is 2.16. The summed E-state index contributed by atoms with van der Waals surface area (Å²) < 4.78 is 10.7. The number of amidine groups is 1. The quantitative estimate of drug-likeness (QED) is 0.320. The largest absolute Gasteiger partial charge is 0.482 e. The molecule has 1 atom stereocenters. The SMILES string of the molecule is CC(C)(C)OC(=O)N1CCCC[C@H]1/C(N)=N/OC(=O)COc1ccc(CO)cc1. The predicted molar refractivity (Wildman–Crippen MR) is 106 cm³/mol. The van der Waals surface area contributed by atoms with Gasteiger partial charge in [0.05, 0.1) is 12.6 Å². The first-order chi connectivity index (χ1) is 13.7. The first kappa shape index (κ1) is 22.5. The van der Waals surface area contributed by atoms with Crippen molar-refractivity contribution in [3.63, 3.8) is 0 Å². The molecule has 9 nitrogen and oxygen atoms in total. The summed E-state index contributed by atoms with van der Waals surface area (Å²) in [5, 5.41) is 12.7. The minimum atomic E-state index is -0.723. The Morgan fingerprint density at radius 2 is 1.93 bits per heavy atom. The molecule has 0 aromatic heterocycles. The molecule has 0 aliphatic carbocycles. The second kappa shape index (κ2) is 10.1. The van der Waals surface area contributed by atoms with E-state index in [0.29, 0.717) is 18.7 Å². The van der Waals surface area contributed by atoms with Crippen LogP contribution in [-0.2, 0) is 21.0 Å². The second-order valence-electron chi connectivity index (χ2n) is 7.76. The summed E-state index contributed by atoms with van der Waals surface area (Å²) in [6, 6.07) is 6.16. The van der Waals surface area contributed by atoms with Crippen LogP contribution in [0.3, 0.4) is 0 Å². The first-order valence-electron chi connectivity index (χ1n) is 9.55. The molecule has 0 saturated carbocycles. The van der Waals surface area contributed by atoms with Crippen molar-refractivity contribution in [1.29, 1.82) is 0 Å². The van der Waals surface area contributed by atoms with Crippen LogP contribution in [0.25, 0.3) is 0 Å². The van der Waals surface area contributed by atoms with Crippen LogP contribution in [0.5, 0.6) is 5.75 Å². The summed E-state index contributed by atoms with van der Waals surface area (Å²) in [7, 11) is 0. The lowest BCUT2D eigenvalue weighted by molar-refractivity contribution is -0.146. The average Bonchev–Trinajstić information content (AvgIpc) is 2.69. The Morgan fingerprint density at radius 3 is 2.55 bits per heavy atom. The van der Waals surface area contributed by atoms with Crippen LogP contribution in [-0.4, -0.2) is 52.7 Å². The third-order valence-corrected chi connectivity index (χ3v) is 4.19. The fraction of sp³-hybridized carbons (Fsp3) is 0.550. The van der Waals surface area contributed by atoms with Gasteiger partial charge in [-0.25, -0.2) is 9.59 Å². The van der Waals surface area contributed by atoms with Crippen molar-refractivity contribution in [2.75, 3.05) is 13.2 Å². The maximum atomic E-state index is 12.4. The van der Waals surface area contributed by atoms with Gasteiger partial charge in [0.25, 0.3) is 0 Å². The van der Waals surface area contributed by atoms with E-state index in [4.69, 9.17) is 25.2 Å². The number of aliphatic hydroxyl groups is 1. The molecule has 1 aromatic rings. The third kappa shape index (κ3) is 7.26. The van der Waals surface area contributed by atoms with Gasteiger partial charge in [0.2, 0.25) is 0 Å². The maximum Gasteiger partial charge on any atom is 0.410 e. The summed E-state index contributed by atoms with van der Waals surface area (Å²) in [5.41, 5.74) is 6.10. The summed E-state index contributed by atoms with van der Waals surface area (Å²) >= 11 is 0. The lowest BCUT2D eigenvalue weighted by Crippen LogP contribution is -2.52. The standard InChI is InChI=1S/C20H29N3O6/c1-20(2,3)28-19(26)23-11-5-4-6-16(23)18(21)22-29-17(25)13-27-15-9-7-14(12-24)8-10-15/h7-10,16,24H,4-6,11-13H2,1-3H3,(H2,21,22)/t16-/m0/s1. The number of rotatable bonds is 6. The van der Waals surface area contributed by atoms with E-state index in [9.17, 15) is 9.59 Å². The van der Waals surface area contributed by atoms with E-state index in [0.717, 1.165) is 18.4 Å². The normalized spacial score (nSPS) is 17.6. The van der Waals surface area contributed by atoms with E-state index in [1.165, 1.54) is 4.90 Å². The van der Waals surface area contributed by atoms with Crippen LogP contribution in [0, 0.1) is 0 Å². The molecule has 1 aliphatic heterocycles. The van der Waals surface area contributed by atoms with Gasteiger partial charge in [-0.3, -0.25) is 4.90 Å². The molecule has 1 aliphatic rings. The Balaban J connectivity index is 1.90. The van der Waals surface area contributed by atoms with E-state index in [1.54, 1.807) is 45.0 Å². The number of hydrogen-bond donors (Lipinski definition) is 2. The van der Waals surface area contributed by atoms with Crippen molar-refractivity contribution in [2.24, 2.45) is 10.9 Å². The fourth-order valence-electron chi connectivity index (χ4n) is 2.80. The van der Waals surface area contributed by atoms with Crippen LogP contribution < -0.4 is 10.5 Å². The number of carbonyl (C=O) groups is 2. The van der Waals surface area contributed by atoms with Crippen molar-refractivity contribution in [1.82, 2.24) is 4.90 Å². The Labute approximate surface area is 170 Å². The number of benzene rings is 1. The molecule has 2 rings (SSSR count). The minimum absolute atomic E-state index is 0.0382. The Kier molecular flexibility index (Phi) is 7.83. The minimum Gasteiger partial charge on any atom is -0.482 e. The van der Waals surface area contributed by atoms with Crippen molar-refractivity contribution < 1.29 is 29.0 Å². The molecule has 0 unspecified atom stereocenters. The second-order valence-corrected chi connectivity index (χ2v) is 7.76. The molecular formula is C20H29N3O6. The van der Waals surface area contributed by atoms with E-state index in [2.05, 4.69) is 5.16 Å². The number of nitrogens with two attached hydrogens (primary N) is 1. The van der Waals surface area contributed by atoms with Crippen molar-refractivity contribution >= 4 is 17.9 Å². The number of amides is 1. The number of hydrogen-bond acceptors (Lipinski definition) is 7. The third-order valence-electron chi connectivity index (χ3n) is 4.19. The van der Waals surface area contributed by atoms with Gasteiger partial charge >= 0.3 is 12.1 Å². The fourth-order valence-corrected chi connectivity index (χ4v) is 2.80. The number of ether oxygens (including phenoxy) is 2. The number of nitrogens with zero attached hydrogens (tertiary/aromatic N) is 2. The van der Waals surface area contributed by atoms with Gasteiger partial charge in [0, 0.05) is 6.54 Å². The van der Waals surface area contributed by atoms with E-state index in [1.807, 2.05) is 0 Å². The molecule has 0 spiro atoms. The summed E-state index contributed by atoms with van der Waals surface area (Å²) in [6.07, 6.45) is 1.86. The van der Waals surface area contributed by atoms with Crippen LogP contribution in [0.4, 0.5) is 4.79 Å². The van der Waals surface area contributed by atoms with Gasteiger partial charge in [-0.15, -0.1) is 0 Å². The van der Waals surface area contributed by atoms with Crippen LogP contribution in [0.2, 0.25) is 0 Å². The summed E-state index contributed by atoms with van der Waals surface area (Å²) in [5.74, 6) is -0.227. The zero-order valence-corrected chi connectivity index (χ0v) is 17.1. The zero-order valence-electron chi connectivity index (χ0n) is 17.1. The van der Waals surface area contributed by atoms with Crippen molar-refractivity contribution in [2.45, 2.75) is 58.3 Å². The highest BCUT2D eigenvalue weighted by molar-refractivity contribution is 5.89. The Morgan fingerprint density at radius 1 is 1.24 bits per heavy atom. The highest BCUT2D eigenvalue weighted by Gasteiger charge is 2.33.